The summed E-state index contributed by atoms with van der Waals surface area (Å²) in [6, 6.07) is 9.20. The van der Waals surface area contributed by atoms with Gasteiger partial charge in [0, 0.05) is 0 Å². The van der Waals surface area contributed by atoms with Gasteiger partial charge >= 0.3 is 0 Å². The first kappa shape index (κ1) is 22.8. The van der Waals surface area contributed by atoms with Gasteiger partial charge in [-0.1, -0.05) is 51.5 Å². The second-order valence-corrected chi connectivity index (χ2v) is 12.9. The van der Waals surface area contributed by atoms with E-state index in [1.54, 1.807) is 0 Å². The minimum atomic E-state index is 0.151. The Morgan fingerprint density at radius 2 is 1.06 bits per heavy atom. The van der Waals surface area contributed by atoms with Crippen LogP contribution in [0.5, 0.6) is 11.5 Å². The average Bonchev–Trinajstić information content (AvgIpc) is 2.74. The van der Waals surface area contributed by atoms with Gasteiger partial charge < -0.3 is 10.2 Å². The van der Waals surface area contributed by atoms with Crippen LogP contribution in [0.15, 0.2) is 24.3 Å². The molecule has 0 amide bonds. The molecule has 2 aromatic carbocycles. The third-order valence-corrected chi connectivity index (χ3v) is 10.4. The summed E-state index contributed by atoms with van der Waals surface area (Å²) in [5, 5.41) is 21.1. The summed E-state index contributed by atoms with van der Waals surface area (Å²) in [5.41, 5.74) is 7.94. The molecule has 4 fully saturated rings. The highest BCUT2D eigenvalue weighted by Gasteiger charge is 2.68. The monoisotopic (exact) mass is 446 g/mol. The first-order valence-corrected chi connectivity index (χ1v) is 13.0. The van der Waals surface area contributed by atoms with Crippen molar-refractivity contribution in [2.75, 3.05) is 0 Å². The molecule has 33 heavy (non-hydrogen) atoms. The summed E-state index contributed by atoms with van der Waals surface area (Å²) in [4.78, 5) is 0. The first-order valence-electron chi connectivity index (χ1n) is 13.0. The van der Waals surface area contributed by atoms with E-state index in [4.69, 9.17) is 0 Å². The number of phenolic OH excluding ortho intramolecular Hbond substituents is 2. The third kappa shape index (κ3) is 3.12. The maximum Gasteiger partial charge on any atom is 0.121 e. The van der Waals surface area contributed by atoms with Crippen LogP contribution >= 0.6 is 0 Å². The highest BCUT2D eigenvalue weighted by atomic mass is 16.3. The van der Waals surface area contributed by atoms with Gasteiger partial charge in [-0.15, -0.1) is 0 Å². The molecule has 4 saturated carbocycles. The van der Waals surface area contributed by atoms with E-state index in [1.807, 2.05) is 0 Å². The molecule has 4 aliphatic carbocycles. The molecule has 2 N–H and O–H groups in total. The Hall–Kier alpha value is -1.96. The van der Waals surface area contributed by atoms with E-state index in [0.717, 1.165) is 22.3 Å². The number of hydrogen-bond donors (Lipinski definition) is 2. The number of phenols is 2. The van der Waals surface area contributed by atoms with Gasteiger partial charge in [0.25, 0.3) is 0 Å². The van der Waals surface area contributed by atoms with Crippen molar-refractivity contribution in [1.82, 2.24) is 0 Å². The van der Waals surface area contributed by atoms with E-state index in [-0.39, 0.29) is 10.8 Å². The Balaban J connectivity index is 1.77. The fourth-order valence-corrected chi connectivity index (χ4v) is 9.05. The van der Waals surface area contributed by atoms with Crippen LogP contribution in [-0.2, 0) is 10.8 Å². The minimum Gasteiger partial charge on any atom is -0.507 e. The van der Waals surface area contributed by atoms with Gasteiger partial charge in [0.2, 0.25) is 0 Å². The molecular weight excluding hydrogens is 404 g/mol. The van der Waals surface area contributed by atoms with E-state index in [0.29, 0.717) is 28.2 Å². The Kier molecular flexibility index (Phi) is 4.86. The lowest BCUT2D eigenvalue weighted by Gasteiger charge is -2.72. The van der Waals surface area contributed by atoms with Gasteiger partial charge in [0.15, 0.2) is 0 Å². The van der Waals surface area contributed by atoms with Crippen molar-refractivity contribution < 1.29 is 10.2 Å². The minimum absolute atomic E-state index is 0.151. The topological polar surface area (TPSA) is 40.5 Å². The Labute approximate surface area is 200 Å². The molecule has 2 unspecified atom stereocenters. The molecule has 2 aromatic rings. The van der Waals surface area contributed by atoms with Crippen molar-refractivity contribution >= 4 is 0 Å². The molecule has 0 saturated heterocycles. The molecule has 6 rings (SSSR count). The van der Waals surface area contributed by atoms with Gasteiger partial charge in [0.1, 0.15) is 11.5 Å². The fraction of sp³-hybridized carbons (Fsp3) is 0.613. The average molecular weight is 447 g/mol. The van der Waals surface area contributed by atoms with Crippen LogP contribution in [0.4, 0.5) is 0 Å². The van der Waals surface area contributed by atoms with Crippen molar-refractivity contribution in [1.29, 1.82) is 0 Å². The summed E-state index contributed by atoms with van der Waals surface area (Å²) in [7, 11) is 0. The highest BCUT2D eigenvalue weighted by Crippen LogP contribution is 2.76. The summed E-state index contributed by atoms with van der Waals surface area (Å²) < 4.78 is 0. The van der Waals surface area contributed by atoms with Crippen LogP contribution < -0.4 is 0 Å². The smallest absolute Gasteiger partial charge is 0.121 e. The SMILES string of the molecule is CCC12CC3(c4cc(C)c(O)c(C)c4)CC(c4cc(C)c(O)c(C)c4)(C1)CC(C(C)C)(C2)C3. The van der Waals surface area contributed by atoms with Crippen molar-refractivity contribution in [2.24, 2.45) is 16.7 Å². The van der Waals surface area contributed by atoms with E-state index in [2.05, 4.69) is 72.7 Å². The molecule has 0 heterocycles. The van der Waals surface area contributed by atoms with Crippen LogP contribution in [0.3, 0.4) is 0 Å². The predicted molar refractivity (Wildman–Crippen MR) is 136 cm³/mol. The first-order chi connectivity index (χ1) is 15.4. The summed E-state index contributed by atoms with van der Waals surface area (Å²) >= 11 is 0. The number of aryl methyl sites for hydroxylation is 4. The van der Waals surface area contributed by atoms with Crippen LogP contribution in [0, 0.1) is 44.4 Å². The normalized spacial score (nSPS) is 34.9. The summed E-state index contributed by atoms with van der Waals surface area (Å²) in [6.07, 6.45) is 8.84. The van der Waals surface area contributed by atoms with Crippen molar-refractivity contribution in [3.63, 3.8) is 0 Å². The number of hydrogen-bond acceptors (Lipinski definition) is 2. The Bertz CT molecular complexity index is 1000. The van der Waals surface area contributed by atoms with Gasteiger partial charge in [-0.25, -0.2) is 0 Å². The second kappa shape index (κ2) is 7.03. The van der Waals surface area contributed by atoms with Gasteiger partial charge in [-0.05, 0) is 127 Å². The number of aromatic hydroxyl groups is 2. The lowest BCUT2D eigenvalue weighted by atomic mass is 9.32. The molecule has 4 bridgehead atoms. The molecule has 0 aromatic heterocycles. The predicted octanol–water partition coefficient (Wildman–Crippen LogP) is 7.93. The molecule has 0 spiro atoms. The number of rotatable bonds is 4. The molecule has 0 radical (unpaired) electrons. The van der Waals surface area contributed by atoms with Crippen LogP contribution in [0.25, 0.3) is 0 Å². The van der Waals surface area contributed by atoms with Crippen LogP contribution in [0.1, 0.15) is 99.1 Å². The Morgan fingerprint density at radius 1 is 0.667 bits per heavy atom. The maximum atomic E-state index is 10.5. The lowest BCUT2D eigenvalue weighted by molar-refractivity contribution is -0.161. The molecule has 4 aliphatic rings. The zero-order valence-electron chi connectivity index (χ0n) is 21.7. The van der Waals surface area contributed by atoms with E-state index >= 15 is 0 Å². The van der Waals surface area contributed by atoms with Gasteiger partial charge in [-0.3, -0.25) is 0 Å². The van der Waals surface area contributed by atoms with E-state index in [9.17, 15) is 10.2 Å². The molecule has 178 valence electrons. The molecule has 0 aliphatic heterocycles. The maximum absolute atomic E-state index is 10.5. The quantitative estimate of drug-likeness (QED) is 0.500. The Morgan fingerprint density at radius 3 is 1.39 bits per heavy atom. The zero-order valence-corrected chi connectivity index (χ0v) is 21.7. The molecule has 2 heteroatoms. The summed E-state index contributed by atoms with van der Waals surface area (Å²) in [6.45, 7) is 15.6. The lowest BCUT2D eigenvalue weighted by Crippen LogP contribution is -2.65. The van der Waals surface area contributed by atoms with Gasteiger partial charge in [0.05, 0.1) is 0 Å². The number of benzene rings is 2. The van der Waals surface area contributed by atoms with Crippen molar-refractivity contribution in [3.05, 3.63) is 57.6 Å². The zero-order chi connectivity index (χ0) is 24.0. The van der Waals surface area contributed by atoms with Gasteiger partial charge in [-0.2, -0.15) is 0 Å². The van der Waals surface area contributed by atoms with Crippen LogP contribution in [-0.4, -0.2) is 10.2 Å². The van der Waals surface area contributed by atoms with Crippen molar-refractivity contribution in [2.45, 2.75) is 104 Å². The molecule has 2 nitrogen and oxygen atoms in total. The van der Waals surface area contributed by atoms with E-state index < -0.39 is 0 Å². The second-order valence-electron chi connectivity index (χ2n) is 12.9. The molecule has 2 atom stereocenters. The summed E-state index contributed by atoms with van der Waals surface area (Å²) in [5.74, 6) is 1.54. The van der Waals surface area contributed by atoms with Crippen molar-refractivity contribution in [3.8, 4) is 11.5 Å². The largest absolute Gasteiger partial charge is 0.507 e. The molecular formula is C31H42O2. The highest BCUT2D eigenvalue weighted by molar-refractivity contribution is 5.50. The van der Waals surface area contributed by atoms with E-state index in [1.165, 1.54) is 56.1 Å². The standard InChI is InChI=1S/C31H42O2/c1-8-28-13-29(19(2)3)16-30(14-28,24-9-20(4)26(32)21(5)10-24)18-31(15-28,17-29)25-11-22(6)27(33)23(7)12-25/h9-12,19,32-33H,8,13-18H2,1-7H3. The third-order valence-electron chi connectivity index (χ3n) is 10.4. The fourth-order valence-electron chi connectivity index (χ4n) is 9.05. The van der Waals surface area contributed by atoms with Crippen LogP contribution in [0.2, 0.25) is 0 Å².